The van der Waals surface area contributed by atoms with E-state index in [0.29, 0.717) is 6.04 Å². The topological polar surface area (TPSA) is 12.0 Å². The van der Waals surface area contributed by atoms with Gasteiger partial charge < -0.3 is 5.32 Å². The molecule has 0 saturated carbocycles. The first-order chi connectivity index (χ1) is 7.85. The van der Waals surface area contributed by atoms with Crippen LogP contribution in [0.1, 0.15) is 24.3 Å². The molecule has 84 valence electrons. The standard InChI is InChI=1S/C14H17NS/c1-3-12(15-2)14-10-9-13(16-14)11-7-5-4-6-8-11/h4-10,12,15H,3H2,1-2H3. The minimum absolute atomic E-state index is 0.488. The van der Waals surface area contributed by atoms with Gasteiger partial charge in [0.2, 0.25) is 0 Å². The van der Waals surface area contributed by atoms with Gasteiger partial charge in [-0.05, 0) is 31.2 Å². The normalized spacial score (nSPS) is 12.6. The fraction of sp³-hybridized carbons (Fsp3) is 0.286. The van der Waals surface area contributed by atoms with Crippen LogP contribution in [0.4, 0.5) is 0 Å². The minimum atomic E-state index is 0.488. The molecule has 0 spiro atoms. The molecule has 0 aliphatic carbocycles. The van der Waals surface area contributed by atoms with Gasteiger partial charge in [-0.15, -0.1) is 11.3 Å². The predicted octanol–water partition coefficient (Wildman–Crippen LogP) is 4.09. The van der Waals surface area contributed by atoms with E-state index >= 15 is 0 Å². The van der Waals surface area contributed by atoms with Crippen LogP contribution < -0.4 is 5.32 Å². The zero-order valence-electron chi connectivity index (χ0n) is 9.73. The highest BCUT2D eigenvalue weighted by Crippen LogP contribution is 2.32. The Morgan fingerprint density at radius 3 is 2.50 bits per heavy atom. The summed E-state index contributed by atoms with van der Waals surface area (Å²) >= 11 is 1.88. The number of rotatable bonds is 4. The van der Waals surface area contributed by atoms with Crippen LogP contribution in [0.15, 0.2) is 42.5 Å². The van der Waals surface area contributed by atoms with Crippen LogP contribution in [0.25, 0.3) is 10.4 Å². The summed E-state index contributed by atoms with van der Waals surface area (Å²) in [4.78, 5) is 2.77. The Morgan fingerprint density at radius 2 is 1.88 bits per heavy atom. The van der Waals surface area contributed by atoms with Crippen molar-refractivity contribution in [3.8, 4) is 10.4 Å². The Balaban J connectivity index is 2.26. The van der Waals surface area contributed by atoms with Crippen LogP contribution in [-0.2, 0) is 0 Å². The Bertz CT molecular complexity index is 429. The van der Waals surface area contributed by atoms with Crippen molar-refractivity contribution in [2.45, 2.75) is 19.4 Å². The second-order valence-corrected chi connectivity index (χ2v) is 4.93. The highest BCUT2D eigenvalue weighted by molar-refractivity contribution is 7.15. The van der Waals surface area contributed by atoms with Gasteiger partial charge in [-0.25, -0.2) is 0 Å². The number of hydrogen-bond donors (Lipinski definition) is 1. The van der Waals surface area contributed by atoms with Crippen LogP contribution in [0, 0.1) is 0 Å². The first-order valence-corrected chi connectivity index (χ1v) is 6.49. The van der Waals surface area contributed by atoms with Crippen LogP contribution >= 0.6 is 11.3 Å². The lowest BCUT2D eigenvalue weighted by Gasteiger charge is -2.10. The molecule has 0 saturated heterocycles. The first kappa shape index (κ1) is 11.4. The Kier molecular flexibility index (Phi) is 3.75. The lowest BCUT2D eigenvalue weighted by atomic mass is 10.1. The van der Waals surface area contributed by atoms with Gasteiger partial charge in [0.15, 0.2) is 0 Å². The molecular formula is C14H17NS. The summed E-state index contributed by atoms with van der Waals surface area (Å²) in [5.41, 5.74) is 1.31. The first-order valence-electron chi connectivity index (χ1n) is 5.67. The van der Waals surface area contributed by atoms with Crippen molar-refractivity contribution < 1.29 is 0 Å². The molecule has 0 radical (unpaired) electrons. The largest absolute Gasteiger partial charge is 0.312 e. The Labute approximate surface area is 101 Å². The summed E-state index contributed by atoms with van der Waals surface area (Å²) in [7, 11) is 2.02. The third-order valence-corrected chi connectivity index (χ3v) is 4.03. The number of thiophene rings is 1. The van der Waals surface area contributed by atoms with Crippen molar-refractivity contribution in [1.29, 1.82) is 0 Å². The monoisotopic (exact) mass is 231 g/mol. The molecule has 0 amide bonds. The minimum Gasteiger partial charge on any atom is -0.312 e. The molecule has 0 fully saturated rings. The third-order valence-electron chi connectivity index (χ3n) is 2.79. The number of benzene rings is 1. The van der Waals surface area contributed by atoms with E-state index in [1.54, 1.807) is 0 Å². The van der Waals surface area contributed by atoms with E-state index < -0.39 is 0 Å². The molecule has 2 heteroatoms. The fourth-order valence-corrected chi connectivity index (χ4v) is 3.05. The highest BCUT2D eigenvalue weighted by atomic mass is 32.1. The second kappa shape index (κ2) is 5.28. The molecule has 2 aromatic rings. The second-order valence-electron chi connectivity index (χ2n) is 3.82. The van der Waals surface area contributed by atoms with Crippen LogP contribution in [-0.4, -0.2) is 7.05 Å². The summed E-state index contributed by atoms with van der Waals surface area (Å²) in [6, 6.07) is 15.5. The van der Waals surface area contributed by atoms with Crippen molar-refractivity contribution in [3.05, 3.63) is 47.3 Å². The molecule has 1 aromatic carbocycles. The van der Waals surface area contributed by atoms with E-state index in [4.69, 9.17) is 0 Å². The number of hydrogen-bond acceptors (Lipinski definition) is 2. The number of nitrogens with one attached hydrogen (secondary N) is 1. The third kappa shape index (κ3) is 2.34. The maximum Gasteiger partial charge on any atom is 0.0409 e. The molecule has 0 bridgehead atoms. The summed E-state index contributed by atoms with van der Waals surface area (Å²) in [6.45, 7) is 2.21. The van der Waals surface area contributed by atoms with Crippen LogP contribution in [0.2, 0.25) is 0 Å². The molecule has 1 N–H and O–H groups in total. The van der Waals surface area contributed by atoms with Gasteiger partial charge in [-0.3, -0.25) is 0 Å². The maximum absolute atomic E-state index is 3.34. The van der Waals surface area contributed by atoms with E-state index in [-0.39, 0.29) is 0 Å². The van der Waals surface area contributed by atoms with E-state index in [1.165, 1.54) is 15.3 Å². The summed E-state index contributed by atoms with van der Waals surface area (Å²) < 4.78 is 0. The van der Waals surface area contributed by atoms with Gasteiger partial charge in [-0.2, -0.15) is 0 Å². The quantitative estimate of drug-likeness (QED) is 0.836. The highest BCUT2D eigenvalue weighted by Gasteiger charge is 2.09. The van der Waals surface area contributed by atoms with Gasteiger partial charge in [-0.1, -0.05) is 37.3 Å². The zero-order valence-corrected chi connectivity index (χ0v) is 10.6. The maximum atomic E-state index is 3.34. The molecule has 1 nitrogen and oxygen atoms in total. The molecule has 1 aromatic heterocycles. The van der Waals surface area contributed by atoms with E-state index in [0.717, 1.165) is 6.42 Å². The van der Waals surface area contributed by atoms with Gasteiger partial charge in [0, 0.05) is 15.8 Å². The molecule has 1 unspecified atom stereocenters. The smallest absolute Gasteiger partial charge is 0.0409 e. The van der Waals surface area contributed by atoms with Crippen molar-refractivity contribution in [3.63, 3.8) is 0 Å². The van der Waals surface area contributed by atoms with Gasteiger partial charge in [0.1, 0.15) is 0 Å². The average Bonchev–Trinajstić information content (AvgIpc) is 2.81. The molecule has 0 aliphatic rings. The molecular weight excluding hydrogens is 214 g/mol. The average molecular weight is 231 g/mol. The Hall–Kier alpha value is -1.12. The molecule has 1 heterocycles. The molecule has 2 rings (SSSR count). The summed E-state index contributed by atoms with van der Waals surface area (Å²) in [5, 5.41) is 3.34. The van der Waals surface area contributed by atoms with Crippen LogP contribution in [0.5, 0.6) is 0 Å². The fourth-order valence-electron chi connectivity index (χ4n) is 1.85. The summed E-state index contributed by atoms with van der Waals surface area (Å²) in [5.74, 6) is 0. The van der Waals surface area contributed by atoms with Crippen LogP contribution in [0.3, 0.4) is 0 Å². The molecule has 1 atom stereocenters. The van der Waals surface area contributed by atoms with Crippen molar-refractivity contribution in [2.75, 3.05) is 7.05 Å². The van der Waals surface area contributed by atoms with Gasteiger partial charge in [0.25, 0.3) is 0 Å². The lowest BCUT2D eigenvalue weighted by molar-refractivity contribution is 0.586. The van der Waals surface area contributed by atoms with Crippen molar-refractivity contribution >= 4 is 11.3 Å². The van der Waals surface area contributed by atoms with Crippen molar-refractivity contribution in [2.24, 2.45) is 0 Å². The SMILES string of the molecule is CCC(NC)c1ccc(-c2ccccc2)s1. The van der Waals surface area contributed by atoms with Gasteiger partial charge >= 0.3 is 0 Å². The zero-order chi connectivity index (χ0) is 11.4. The molecule has 0 aliphatic heterocycles. The summed E-state index contributed by atoms with van der Waals surface area (Å²) in [6.07, 6.45) is 1.13. The predicted molar refractivity (Wildman–Crippen MR) is 71.8 cm³/mol. The molecule has 16 heavy (non-hydrogen) atoms. The van der Waals surface area contributed by atoms with Crippen molar-refractivity contribution in [1.82, 2.24) is 5.32 Å². The van der Waals surface area contributed by atoms with E-state index in [2.05, 4.69) is 54.7 Å². The van der Waals surface area contributed by atoms with E-state index in [1.807, 2.05) is 18.4 Å². The van der Waals surface area contributed by atoms with E-state index in [9.17, 15) is 0 Å². The Morgan fingerprint density at radius 1 is 1.12 bits per heavy atom. The van der Waals surface area contributed by atoms with Gasteiger partial charge in [0.05, 0.1) is 0 Å². The lowest BCUT2D eigenvalue weighted by Crippen LogP contribution is -2.13.